The molecule has 4 rings (SSSR count). The van der Waals surface area contributed by atoms with Crippen LogP contribution in [0, 0.1) is 18.6 Å². The topological polar surface area (TPSA) is 79.1 Å². The zero-order chi connectivity index (χ0) is 24.9. The van der Waals surface area contributed by atoms with Gasteiger partial charge in [-0.3, -0.25) is 9.20 Å². The minimum Gasteiger partial charge on any atom is -0.485 e. The minimum atomic E-state index is -0.682. The molecule has 3 aromatic rings. The number of ether oxygens (including phenoxy) is 1. The monoisotopic (exact) mass is 486 g/mol. The predicted molar refractivity (Wildman–Crippen MR) is 130 cm³/mol. The van der Waals surface area contributed by atoms with Gasteiger partial charge in [-0.2, -0.15) is 0 Å². The van der Waals surface area contributed by atoms with Gasteiger partial charge in [-0.1, -0.05) is 25.8 Å². The lowest BCUT2D eigenvalue weighted by molar-refractivity contribution is 0.0905. The van der Waals surface area contributed by atoms with Crippen molar-refractivity contribution in [1.29, 1.82) is 0 Å². The number of amides is 1. The van der Waals surface area contributed by atoms with Gasteiger partial charge in [0.1, 0.15) is 23.9 Å². The van der Waals surface area contributed by atoms with E-state index in [1.54, 1.807) is 11.3 Å². The first kappa shape index (κ1) is 24.9. The van der Waals surface area contributed by atoms with Crippen molar-refractivity contribution in [2.45, 2.75) is 58.6 Å². The lowest BCUT2D eigenvalue weighted by Crippen LogP contribution is -2.38. The number of aliphatic hydroxyl groups is 1. The second-order valence-corrected chi connectivity index (χ2v) is 8.98. The first-order valence-electron chi connectivity index (χ1n) is 12.2. The molecule has 1 saturated heterocycles. The molecule has 1 atom stereocenters. The summed E-state index contributed by atoms with van der Waals surface area (Å²) in [4.78, 5) is 20.0. The lowest BCUT2D eigenvalue weighted by Gasteiger charge is -2.20. The molecule has 35 heavy (non-hydrogen) atoms. The molecule has 3 heterocycles. The number of hydrogen-bond donors (Lipinski definition) is 2. The third-order valence-corrected chi connectivity index (χ3v) is 6.43. The fourth-order valence-corrected chi connectivity index (χ4v) is 4.48. The van der Waals surface area contributed by atoms with Gasteiger partial charge in [0.25, 0.3) is 5.91 Å². The first-order valence-corrected chi connectivity index (χ1v) is 12.2. The molecule has 0 saturated carbocycles. The number of hydrogen-bond acceptors (Lipinski definition) is 5. The number of nitrogens with one attached hydrogen (secondary N) is 1. The van der Waals surface area contributed by atoms with Gasteiger partial charge in [-0.15, -0.1) is 0 Å². The summed E-state index contributed by atoms with van der Waals surface area (Å²) in [5.74, 6) is -1.37. The van der Waals surface area contributed by atoms with Gasteiger partial charge in [0, 0.05) is 25.4 Å². The summed E-state index contributed by atoms with van der Waals surface area (Å²) in [6.07, 6.45) is 6.49. The van der Waals surface area contributed by atoms with Crippen molar-refractivity contribution in [1.82, 2.24) is 14.7 Å². The number of anilines is 1. The second kappa shape index (κ2) is 11.0. The van der Waals surface area contributed by atoms with E-state index in [-0.39, 0.29) is 30.7 Å². The Morgan fingerprint density at radius 3 is 2.63 bits per heavy atom. The molecule has 1 aliphatic rings. The van der Waals surface area contributed by atoms with Crippen LogP contribution in [0.1, 0.15) is 60.8 Å². The Kier molecular flexibility index (Phi) is 7.85. The van der Waals surface area contributed by atoms with Crippen LogP contribution < -0.4 is 15.0 Å². The maximum atomic E-state index is 14.2. The van der Waals surface area contributed by atoms with Crippen molar-refractivity contribution in [2.24, 2.45) is 0 Å². The van der Waals surface area contributed by atoms with E-state index >= 15 is 0 Å². The molecule has 0 radical (unpaired) electrons. The fraction of sp³-hybridized carbons (Fsp3) is 0.462. The number of pyridine rings is 1. The average molecular weight is 487 g/mol. The van der Waals surface area contributed by atoms with E-state index in [1.807, 2.05) is 12.3 Å². The predicted octanol–water partition coefficient (Wildman–Crippen LogP) is 4.38. The van der Waals surface area contributed by atoms with Gasteiger partial charge in [-0.25, -0.2) is 13.8 Å². The minimum absolute atomic E-state index is 0.150. The van der Waals surface area contributed by atoms with Gasteiger partial charge in [0.15, 0.2) is 11.4 Å². The van der Waals surface area contributed by atoms with E-state index in [1.165, 1.54) is 18.2 Å². The van der Waals surface area contributed by atoms with Gasteiger partial charge in [0.05, 0.1) is 29.6 Å². The van der Waals surface area contributed by atoms with Gasteiger partial charge < -0.3 is 20.1 Å². The number of aromatic nitrogens is 2. The Bertz CT molecular complexity index is 1170. The van der Waals surface area contributed by atoms with Gasteiger partial charge in [-0.05, 0) is 38.3 Å². The molecular formula is C26H32F2N4O3. The standard InChI is InChI=1S/C26H32F2N4O3/c1-3-4-8-18(15-33)30-26(34)24-17(2)29-25-23(35-16-20-21(27)9-7-10-22(20)28)13-19(14-32(24)25)31-11-5-6-12-31/h7,9-10,13-14,18,33H,3-6,8,11-12,15-16H2,1-2H3,(H,30,34)/t18-/m1/s1. The number of carbonyl (C=O) groups is 1. The van der Waals surface area contributed by atoms with Gasteiger partial charge >= 0.3 is 0 Å². The summed E-state index contributed by atoms with van der Waals surface area (Å²) in [5.41, 5.74) is 1.91. The molecule has 0 aliphatic carbocycles. The largest absolute Gasteiger partial charge is 0.485 e. The molecule has 1 aliphatic heterocycles. The van der Waals surface area contributed by atoms with Crippen molar-refractivity contribution in [3.8, 4) is 5.75 Å². The van der Waals surface area contributed by atoms with Crippen LogP contribution in [0.25, 0.3) is 5.65 Å². The number of benzene rings is 1. The highest BCUT2D eigenvalue weighted by molar-refractivity contribution is 5.95. The van der Waals surface area contributed by atoms with Crippen LogP contribution in [0.15, 0.2) is 30.5 Å². The van der Waals surface area contributed by atoms with Crippen molar-refractivity contribution in [2.75, 3.05) is 24.6 Å². The van der Waals surface area contributed by atoms with E-state index in [2.05, 4.69) is 22.1 Å². The van der Waals surface area contributed by atoms with E-state index in [9.17, 15) is 18.7 Å². The van der Waals surface area contributed by atoms with E-state index in [0.29, 0.717) is 29.2 Å². The van der Waals surface area contributed by atoms with Crippen LogP contribution in [0.3, 0.4) is 0 Å². The number of unbranched alkanes of at least 4 members (excludes halogenated alkanes) is 1. The number of rotatable bonds is 10. The summed E-state index contributed by atoms with van der Waals surface area (Å²) >= 11 is 0. The van der Waals surface area contributed by atoms with Crippen LogP contribution in [0.4, 0.5) is 14.5 Å². The maximum Gasteiger partial charge on any atom is 0.270 e. The van der Waals surface area contributed by atoms with Crippen molar-refractivity contribution in [3.05, 3.63) is 59.0 Å². The Balaban J connectivity index is 1.71. The number of carbonyl (C=O) groups excluding carboxylic acids is 1. The molecule has 1 aromatic carbocycles. The smallest absolute Gasteiger partial charge is 0.270 e. The number of fused-ring (bicyclic) bond motifs is 1. The Morgan fingerprint density at radius 1 is 1.26 bits per heavy atom. The number of aliphatic hydroxyl groups excluding tert-OH is 1. The molecule has 2 N–H and O–H groups in total. The lowest BCUT2D eigenvalue weighted by atomic mass is 10.1. The average Bonchev–Trinajstić information content (AvgIpc) is 3.48. The van der Waals surface area contributed by atoms with E-state index in [0.717, 1.165) is 44.5 Å². The molecular weight excluding hydrogens is 454 g/mol. The number of nitrogens with zero attached hydrogens (tertiary/aromatic N) is 3. The number of imidazole rings is 1. The number of aryl methyl sites for hydroxylation is 1. The zero-order valence-electron chi connectivity index (χ0n) is 20.2. The molecule has 1 amide bonds. The van der Waals surface area contributed by atoms with Gasteiger partial charge in [0.2, 0.25) is 0 Å². The second-order valence-electron chi connectivity index (χ2n) is 8.98. The third-order valence-electron chi connectivity index (χ3n) is 6.43. The van der Waals surface area contributed by atoms with Crippen LogP contribution >= 0.6 is 0 Å². The Labute approximate surface area is 203 Å². The normalized spacial score (nSPS) is 14.5. The Hall–Kier alpha value is -3.20. The van der Waals surface area contributed by atoms with Crippen LogP contribution in [-0.2, 0) is 6.61 Å². The SMILES string of the molecule is CCCC[C@H](CO)NC(=O)c1c(C)nc2c(OCc3c(F)cccc3F)cc(N3CCCC3)cn12. The van der Waals surface area contributed by atoms with E-state index < -0.39 is 11.6 Å². The van der Waals surface area contributed by atoms with Crippen LogP contribution in [0.2, 0.25) is 0 Å². The van der Waals surface area contributed by atoms with Crippen molar-refractivity contribution >= 4 is 17.2 Å². The summed E-state index contributed by atoms with van der Waals surface area (Å²) < 4.78 is 36.0. The molecule has 1 fully saturated rings. The maximum absolute atomic E-state index is 14.2. The van der Waals surface area contributed by atoms with Crippen molar-refractivity contribution in [3.63, 3.8) is 0 Å². The molecule has 0 spiro atoms. The van der Waals surface area contributed by atoms with Crippen LogP contribution in [-0.4, -0.2) is 46.1 Å². The summed E-state index contributed by atoms with van der Waals surface area (Å²) in [5, 5.41) is 12.6. The molecule has 0 unspecified atom stereocenters. The molecule has 9 heteroatoms. The molecule has 188 valence electrons. The quantitative estimate of drug-likeness (QED) is 0.445. The van der Waals surface area contributed by atoms with Crippen molar-refractivity contribution < 1.29 is 23.4 Å². The van der Waals surface area contributed by atoms with E-state index in [4.69, 9.17) is 4.74 Å². The zero-order valence-corrected chi connectivity index (χ0v) is 20.2. The molecule has 7 nitrogen and oxygen atoms in total. The summed E-state index contributed by atoms with van der Waals surface area (Å²) in [7, 11) is 0. The third kappa shape index (κ3) is 5.40. The number of halogens is 2. The fourth-order valence-electron chi connectivity index (χ4n) is 4.48. The highest BCUT2D eigenvalue weighted by Crippen LogP contribution is 2.31. The molecule has 2 aromatic heterocycles. The Morgan fingerprint density at radius 2 is 1.97 bits per heavy atom. The first-order chi connectivity index (χ1) is 16.9. The highest BCUT2D eigenvalue weighted by atomic mass is 19.1. The highest BCUT2D eigenvalue weighted by Gasteiger charge is 2.24. The summed E-state index contributed by atoms with van der Waals surface area (Å²) in [6, 6.07) is 5.15. The molecule has 0 bridgehead atoms. The van der Waals surface area contributed by atoms with Crippen LogP contribution in [0.5, 0.6) is 5.75 Å². The summed E-state index contributed by atoms with van der Waals surface area (Å²) in [6.45, 7) is 5.06.